The smallest absolute Gasteiger partial charge is 0.268 e. The first-order valence-electron chi connectivity index (χ1n) is 5.67. The van der Waals surface area contributed by atoms with Gasteiger partial charge in [-0.15, -0.1) is 0 Å². The molecule has 1 aromatic heterocycles. The minimum absolute atomic E-state index is 0.143. The Morgan fingerprint density at radius 2 is 2.11 bits per heavy atom. The summed E-state index contributed by atoms with van der Waals surface area (Å²) in [6.07, 6.45) is 1.70. The normalized spacial score (nSPS) is 11.2. The van der Waals surface area contributed by atoms with Gasteiger partial charge in [0.15, 0.2) is 5.96 Å². The number of carbonyl (C=O) groups excluding carboxylic acids is 1. The van der Waals surface area contributed by atoms with Crippen LogP contribution in [0.15, 0.2) is 17.3 Å². The number of nitrogens with zero attached hydrogens (tertiary/aromatic N) is 2. The van der Waals surface area contributed by atoms with Crippen LogP contribution in [0.25, 0.3) is 0 Å². The molecule has 7 nitrogen and oxygen atoms in total. The van der Waals surface area contributed by atoms with Gasteiger partial charge < -0.3 is 26.3 Å². The third kappa shape index (κ3) is 3.69. The Kier molecular flexibility index (Phi) is 5.04. The van der Waals surface area contributed by atoms with Gasteiger partial charge in [-0.3, -0.25) is 9.79 Å². The number of hydrogen-bond donors (Lipinski definition) is 4. The Labute approximate surface area is 106 Å². The van der Waals surface area contributed by atoms with Crippen LogP contribution in [0.1, 0.15) is 10.5 Å². The third-order valence-electron chi connectivity index (χ3n) is 2.42. The predicted octanol–water partition coefficient (Wildman–Crippen LogP) is -0.868. The summed E-state index contributed by atoms with van der Waals surface area (Å²) in [5.41, 5.74) is 6.74. The molecule has 0 radical (unpaired) electrons. The van der Waals surface area contributed by atoms with Crippen LogP contribution in [0, 0.1) is 0 Å². The topological polar surface area (TPSA) is 96.5 Å². The van der Waals surface area contributed by atoms with Gasteiger partial charge in [-0.25, -0.2) is 0 Å². The molecule has 1 heterocycles. The summed E-state index contributed by atoms with van der Waals surface area (Å²) in [5.74, 6) is 0.544. The van der Waals surface area contributed by atoms with Crippen molar-refractivity contribution >= 4 is 17.6 Å². The van der Waals surface area contributed by atoms with Crippen LogP contribution >= 0.6 is 0 Å². The van der Waals surface area contributed by atoms with E-state index in [2.05, 4.69) is 20.9 Å². The van der Waals surface area contributed by atoms with Gasteiger partial charge in [0.25, 0.3) is 5.91 Å². The van der Waals surface area contributed by atoms with E-state index in [9.17, 15) is 4.79 Å². The maximum Gasteiger partial charge on any atom is 0.268 e. The fourth-order valence-corrected chi connectivity index (χ4v) is 1.54. The summed E-state index contributed by atoms with van der Waals surface area (Å²) in [6.45, 7) is 1.10. The van der Waals surface area contributed by atoms with Crippen LogP contribution < -0.4 is 21.7 Å². The molecule has 5 N–H and O–H groups in total. The second kappa shape index (κ2) is 6.53. The number of guanidine groups is 1. The number of nitrogens with two attached hydrogens (primary N) is 1. The second-order valence-electron chi connectivity index (χ2n) is 3.77. The number of hydrogen-bond acceptors (Lipinski definition) is 3. The number of aliphatic imine (C=N–C) groups is 1. The highest BCUT2D eigenvalue weighted by molar-refractivity contribution is 5.93. The van der Waals surface area contributed by atoms with Crippen molar-refractivity contribution in [1.29, 1.82) is 0 Å². The van der Waals surface area contributed by atoms with Gasteiger partial charge in [0.2, 0.25) is 0 Å². The molecule has 0 aliphatic rings. The standard InChI is InChI=1S/C11H20N6O/c1-13-11(14-2)16-5-4-15-10(18)9-6-8(12)7-17(9)3/h6-7H,4-5,12H2,1-3H3,(H,15,18)(H2,13,14,16). The zero-order valence-corrected chi connectivity index (χ0v) is 10.9. The molecule has 1 amide bonds. The first-order valence-corrected chi connectivity index (χ1v) is 5.67. The Balaban J connectivity index is 2.36. The molecule has 0 fully saturated rings. The maximum atomic E-state index is 11.8. The highest BCUT2D eigenvalue weighted by atomic mass is 16.1. The molecule has 1 rings (SSSR count). The van der Waals surface area contributed by atoms with E-state index >= 15 is 0 Å². The monoisotopic (exact) mass is 252 g/mol. The van der Waals surface area contributed by atoms with E-state index < -0.39 is 0 Å². The summed E-state index contributed by atoms with van der Waals surface area (Å²) in [6, 6.07) is 1.65. The number of nitrogens with one attached hydrogen (secondary N) is 3. The zero-order chi connectivity index (χ0) is 13.5. The molecular formula is C11H20N6O. The van der Waals surface area contributed by atoms with E-state index in [4.69, 9.17) is 5.73 Å². The van der Waals surface area contributed by atoms with Crippen molar-refractivity contribution in [2.75, 3.05) is 32.9 Å². The predicted molar refractivity (Wildman–Crippen MR) is 72.6 cm³/mol. The molecular weight excluding hydrogens is 232 g/mol. The number of nitrogen functional groups attached to an aromatic ring is 1. The molecule has 0 bridgehead atoms. The van der Waals surface area contributed by atoms with E-state index in [1.54, 1.807) is 38.0 Å². The number of rotatable bonds is 4. The van der Waals surface area contributed by atoms with Gasteiger partial charge in [0.05, 0.1) is 5.69 Å². The largest absolute Gasteiger partial charge is 0.397 e. The molecule has 0 spiro atoms. The lowest BCUT2D eigenvalue weighted by Gasteiger charge is -2.09. The molecule has 0 atom stereocenters. The van der Waals surface area contributed by atoms with Crippen LogP contribution in [-0.2, 0) is 7.05 Å². The number of aryl methyl sites for hydroxylation is 1. The maximum absolute atomic E-state index is 11.8. The van der Waals surface area contributed by atoms with Gasteiger partial charge in [0.1, 0.15) is 5.69 Å². The number of aromatic nitrogens is 1. The first kappa shape index (κ1) is 13.9. The fraction of sp³-hybridized carbons (Fsp3) is 0.455. The van der Waals surface area contributed by atoms with Crippen LogP contribution in [-0.4, -0.2) is 43.6 Å². The highest BCUT2D eigenvalue weighted by Crippen LogP contribution is 2.07. The number of carbonyl (C=O) groups is 1. The van der Waals surface area contributed by atoms with Crippen LogP contribution in [0.5, 0.6) is 0 Å². The average molecular weight is 252 g/mol. The van der Waals surface area contributed by atoms with Crippen molar-refractivity contribution in [3.63, 3.8) is 0 Å². The summed E-state index contributed by atoms with van der Waals surface area (Å²) in [7, 11) is 5.25. The fourth-order valence-electron chi connectivity index (χ4n) is 1.54. The van der Waals surface area contributed by atoms with Crippen molar-refractivity contribution in [3.8, 4) is 0 Å². The molecule has 0 saturated carbocycles. The van der Waals surface area contributed by atoms with Crippen LogP contribution in [0.3, 0.4) is 0 Å². The van der Waals surface area contributed by atoms with Gasteiger partial charge >= 0.3 is 0 Å². The van der Waals surface area contributed by atoms with Gasteiger partial charge in [-0.05, 0) is 6.07 Å². The minimum Gasteiger partial charge on any atom is -0.397 e. The molecule has 0 aromatic carbocycles. The molecule has 0 saturated heterocycles. The van der Waals surface area contributed by atoms with Crippen molar-refractivity contribution in [2.24, 2.45) is 12.0 Å². The molecule has 0 aliphatic carbocycles. The van der Waals surface area contributed by atoms with Crippen molar-refractivity contribution in [3.05, 3.63) is 18.0 Å². The number of amides is 1. The highest BCUT2D eigenvalue weighted by Gasteiger charge is 2.09. The van der Waals surface area contributed by atoms with E-state index in [1.165, 1.54) is 0 Å². The molecule has 7 heteroatoms. The molecule has 1 aromatic rings. The van der Waals surface area contributed by atoms with Crippen molar-refractivity contribution in [2.45, 2.75) is 0 Å². The van der Waals surface area contributed by atoms with E-state index in [0.29, 0.717) is 30.4 Å². The molecule has 100 valence electrons. The molecule has 0 aliphatic heterocycles. The Morgan fingerprint density at radius 1 is 1.44 bits per heavy atom. The van der Waals surface area contributed by atoms with Gasteiger partial charge in [-0.1, -0.05) is 0 Å². The summed E-state index contributed by atoms with van der Waals surface area (Å²) < 4.78 is 1.70. The average Bonchev–Trinajstić information content (AvgIpc) is 2.68. The second-order valence-corrected chi connectivity index (χ2v) is 3.77. The van der Waals surface area contributed by atoms with Gasteiger partial charge in [0, 0.05) is 40.4 Å². The Bertz CT molecular complexity index is 437. The minimum atomic E-state index is -0.143. The lowest BCUT2D eigenvalue weighted by Crippen LogP contribution is -2.40. The van der Waals surface area contributed by atoms with Crippen molar-refractivity contribution < 1.29 is 4.79 Å². The van der Waals surface area contributed by atoms with E-state index in [1.807, 2.05) is 0 Å². The number of anilines is 1. The lowest BCUT2D eigenvalue weighted by atomic mass is 10.4. The van der Waals surface area contributed by atoms with E-state index in [0.717, 1.165) is 0 Å². The SMILES string of the molecule is CN=C(NC)NCCNC(=O)c1cc(N)cn1C. The lowest BCUT2D eigenvalue weighted by molar-refractivity contribution is 0.0946. The van der Waals surface area contributed by atoms with E-state index in [-0.39, 0.29) is 5.91 Å². The Hall–Kier alpha value is -2.18. The first-order chi connectivity index (χ1) is 8.58. The van der Waals surface area contributed by atoms with Crippen molar-refractivity contribution in [1.82, 2.24) is 20.5 Å². The summed E-state index contributed by atoms with van der Waals surface area (Å²) in [4.78, 5) is 15.8. The summed E-state index contributed by atoms with van der Waals surface area (Å²) in [5, 5.41) is 8.72. The molecule has 18 heavy (non-hydrogen) atoms. The van der Waals surface area contributed by atoms with Gasteiger partial charge in [-0.2, -0.15) is 0 Å². The Morgan fingerprint density at radius 3 is 2.61 bits per heavy atom. The van der Waals surface area contributed by atoms with Crippen LogP contribution in [0.2, 0.25) is 0 Å². The quantitative estimate of drug-likeness (QED) is 0.318. The summed E-state index contributed by atoms with van der Waals surface area (Å²) >= 11 is 0. The van der Waals surface area contributed by atoms with Crippen LogP contribution in [0.4, 0.5) is 5.69 Å². The molecule has 0 unspecified atom stereocenters. The third-order valence-corrected chi connectivity index (χ3v) is 2.42. The zero-order valence-electron chi connectivity index (χ0n) is 10.9.